The van der Waals surface area contributed by atoms with E-state index >= 15 is 0 Å². The van der Waals surface area contributed by atoms with Crippen LogP contribution in [0, 0.1) is 5.41 Å². The third-order valence-electron chi connectivity index (χ3n) is 6.54. The molecule has 3 saturated heterocycles. The average molecular weight is 365 g/mol. The zero-order valence-corrected chi connectivity index (χ0v) is 15.2. The van der Waals surface area contributed by atoms with E-state index in [4.69, 9.17) is 20.4 Å². The number of ether oxygens (including phenoxy) is 1. The summed E-state index contributed by atoms with van der Waals surface area (Å²) in [5.74, 6) is 2.09. The number of fused-ring (bicyclic) bond motifs is 2. The van der Waals surface area contributed by atoms with E-state index in [1.54, 1.807) is 12.4 Å². The third kappa shape index (κ3) is 2.62. The van der Waals surface area contributed by atoms with Crippen molar-refractivity contribution in [3.63, 3.8) is 0 Å². The Morgan fingerprint density at radius 2 is 2.00 bits per heavy atom. The van der Waals surface area contributed by atoms with Gasteiger partial charge in [-0.3, -0.25) is 0 Å². The first-order chi connectivity index (χ1) is 13.2. The number of rotatable bonds is 3. The number of aromatic nitrogens is 4. The van der Waals surface area contributed by atoms with Gasteiger partial charge in [-0.15, -0.1) is 0 Å². The molecule has 2 aromatic rings. The van der Waals surface area contributed by atoms with Crippen LogP contribution in [-0.2, 0) is 4.74 Å². The molecule has 4 aliphatic rings. The Bertz CT molecular complexity index is 882. The second kappa shape index (κ2) is 5.51. The second-order valence-corrected chi connectivity index (χ2v) is 8.41. The van der Waals surface area contributed by atoms with Crippen LogP contribution >= 0.6 is 0 Å². The van der Waals surface area contributed by atoms with Gasteiger partial charge in [0.15, 0.2) is 0 Å². The molecule has 2 unspecified atom stereocenters. The van der Waals surface area contributed by atoms with Crippen molar-refractivity contribution >= 4 is 17.7 Å². The van der Waals surface area contributed by atoms with E-state index in [1.165, 1.54) is 19.3 Å². The van der Waals surface area contributed by atoms with E-state index < -0.39 is 0 Å². The third-order valence-corrected chi connectivity index (χ3v) is 6.54. The quantitative estimate of drug-likeness (QED) is 0.874. The minimum Gasteiger partial charge on any atom is -0.374 e. The van der Waals surface area contributed by atoms with E-state index in [0.29, 0.717) is 17.6 Å². The van der Waals surface area contributed by atoms with Crippen molar-refractivity contribution in [1.82, 2.24) is 19.9 Å². The molecule has 8 heteroatoms. The first-order valence-corrected chi connectivity index (χ1v) is 9.78. The van der Waals surface area contributed by atoms with Crippen molar-refractivity contribution in [1.29, 1.82) is 0 Å². The molecule has 6 rings (SSSR count). The molecule has 27 heavy (non-hydrogen) atoms. The minimum absolute atomic E-state index is 0.275. The Balaban J connectivity index is 1.40. The lowest BCUT2D eigenvalue weighted by atomic mass is 10.1. The summed E-state index contributed by atoms with van der Waals surface area (Å²) in [5.41, 5.74) is 7.92. The van der Waals surface area contributed by atoms with Gasteiger partial charge in [0.05, 0.1) is 24.4 Å². The highest BCUT2D eigenvalue weighted by Gasteiger charge is 2.48. The summed E-state index contributed by atoms with van der Waals surface area (Å²) in [6.45, 7) is 3.81. The van der Waals surface area contributed by atoms with Crippen molar-refractivity contribution in [3.8, 4) is 11.3 Å². The largest absolute Gasteiger partial charge is 0.374 e. The first kappa shape index (κ1) is 15.6. The van der Waals surface area contributed by atoms with Crippen molar-refractivity contribution in [2.75, 3.05) is 41.8 Å². The predicted molar refractivity (Wildman–Crippen MR) is 101 cm³/mol. The van der Waals surface area contributed by atoms with Gasteiger partial charge >= 0.3 is 0 Å². The van der Waals surface area contributed by atoms with Gasteiger partial charge in [-0.2, -0.15) is 4.98 Å². The topological polar surface area (TPSA) is 93.3 Å². The number of nitrogens with two attached hydrogens (primary N) is 1. The predicted octanol–water partition coefficient (Wildman–Crippen LogP) is 1.48. The van der Waals surface area contributed by atoms with Crippen LogP contribution < -0.4 is 15.5 Å². The molecule has 0 radical (unpaired) electrons. The standard InChI is InChI=1S/C19H23N7O/c20-17-21-7-12(8-22-17)15-6-16(26-9-14-5-13(26)10-27-14)24-18(23-15)25-4-3-19(11-25)1-2-19/h6-8,13-14H,1-5,9-11H2,(H2,20,21,22). The van der Waals surface area contributed by atoms with Crippen LogP contribution in [0.2, 0.25) is 0 Å². The molecule has 5 heterocycles. The van der Waals surface area contributed by atoms with Gasteiger partial charge < -0.3 is 20.3 Å². The van der Waals surface area contributed by atoms with Crippen LogP contribution in [0.5, 0.6) is 0 Å². The van der Waals surface area contributed by atoms with Gasteiger partial charge in [0.1, 0.15) is 5.82 Å². The number of anilines is 3. The van der Waals surface area contributed by atoms with Gasteiger partial charge in [-0.25, -0.2) is 15.0 Å². The van der Waals surface area contributed by atoms with E-state index in [1.807, 2.05) is 0 Å². The highest BCUT2D eigenvalue weighted by molar-refractivity contribution is 5.65. The fourth-order valence-electron chi connectivity index (χ4n) is 4.70. The fraction of sp³-hybridized carbons (Fsp3) is 0.579. The van der Waals surface area contributed by atoms with Gasteiger partial charge in [0.25, 0.3) is 0 Å². The molecule has 1 spiro atoms. The highest BCUT2D eigenvalue weighted by atomic mass is 16.5. The summed E-state index contributed by atoms with van der Waals surface area (Å²) in [6.07, 6.45) is 8.84. The number of nitrogen functional groups attached to an aromatic ring is 1. The summed E-state index contributed by atoms with van der Waals surface area (Å²) >= 11 is 0. The van der Waals surface area contributed by atoms with Crippen LogP contribution in [0.25, 0.3) is 11.3 Å². The molecule has 0 amide bonds. The lowest BCUT2D eigenvalue weighted by Gasteiger charge is -2.29. The Kier molecular flexibility index (Phi) is 3.18. The lowest BCUT2D eigenvalue weighted by Crippen LogP contribution is -2.38. The first-order valence-electron chi connectivity index (χ1n) is 9.78. The van der Waals surface area contributed by atoms with E-state index in [-0.39, 0.29) is 5.95 Å². The average Bonchev–Trinajstić information content (AvgIpc) is 3.05. The van der Waals surface area contributed by atoms with Crippen LogP contribution in [0.1, 0.15) is 25.7 Å². The number of hydrogen-bond acceptors (Lipinski definition) is 8. The summed E-state index contributed by atoms with van der Waals surface area (Å²) in [7, 11) is 0. The maximum absolute atomic E-state index is 5.77. The molecule has 140 valence electrons. The molecule has 2 bridgehead atoms. The second-order valence-electron chi connectivity index (χ2n) is 8.41. The smallest absolute Gasteiger partial charge is 0.227 e. The van der Waals surface area contributed by atoms with E-state index in [9.17, 15) is 0 Å². The van der Waals surface area contributed by atoms with Crippen molar-refractivity contribution in [2.45, 2.75) is 37.8 Å². The summed E-state index contributed by atoms with van der Waals surface area (Å²) in [6, 6.07) is 2.48. The summed E-state index contributed by atoms with van der Waals surface area (Å²) in [5, 5.41) is 0. The number of morpholine rings is 1. The zero-order valence-electron chi connectivity index (χ0n) is 15.2. The number of nitrogens with zero attached hydrogens (tertiary/aromatic N) is 6. The summed E-state index contributed by atoms with van der Waals surface area (Å²) in [4.78, 5) is 22.9. The molecule has 0 aromatic carbocycles. The Morgan fingerprint density at radius 3 is 2.67 bits per heavy atom. The maximum atomic E-state index is 5.77. The SMILES string of the molecule is Nc1ncc(-c2cc(N3CC4CC3CO4)nc(N3CCC4(CC4)C3)n2)cn1. The Morgan fingerprint density at radius 1 is 1.15 bits per heavy atom. The van der Waals surface area contributed by atoms with Crippen LogP contribution in [0.3, 0.4) is 0 Å². The van der Waals surface area contributed by atoms with Crippen LogP contribution in [0.15, 0.2) is 18.5 Å². The summed E-state index contributed by atoms with van der Waals surface area (Å²) < 4.78 is 5.77. The Labute approximate surface area is 157 Å². The van der Waals surface area contributed by atoms with Crippen molar-refractivity contribution in [2.24, 2.45) is 5.41 Å². The van der Waals surface area contributed by atoms with Gasteiger partial charge in [-0.05, 0) is 31.1 Å². The molecule has 1 aliphatic carbocycles. The van der Waals surface area contributed by atoms with E-state index in [2.05, 4.69) is 25.8 Å². The van der Waals surface area contributed by atoms with Crippen LogP contribution in [0.4, 0.5) is 17.7 Å². The van der Waals surface area contributed by atoms with Crippen molar-refractivity contribution in [3.05, 3.63) is 18.5 Å². The van der Waals surface area contributed by atoms with E-state index in [0.717, 1.165) is 55.7 Å². The molecule has 2 atom stereocenters. The monoisotopic (exact) mass is 365 g/mol. The molecule has 4 fully saturated rings. The molecule has 3 aliphatic heterocycles. The molecule has 2 N–H and O–H groups in total. The number of hydrogen-bond donors (Lipinski definition) is 1. The van der Waals surface area contributed by atoms with Gasteiger partial charge in [0, 0.05) is 43.7 Å². The Hall–Kier alpha value is -2.48. The molecular formula is C19H23N7O. The maximum Gasteiger partial charge on any atom is 0.227 e. The lowest BCUT2D eigenvalue weighted by molar-refractivity contribution is 0.0989. The fourth-order valence-corrected chi connectivity index (χ4v) is 4.70. The molecule has 8 nitrogen and oxygen atoms in total. The van der Waals surface area contributed by atoms with Gasteiger partial charge in [-0.1, -0.05) is 0 Å². The van der Waals surface area contributed by atoms with Crippen LogP contribution in [-0.4, -0.2) is 58.3 Å². The molecular weight excluding hydrogens is 342 g/mol. The molecule has 1 saturated carbocycles. The van der Waals surface area contributed by atoms with Crippen molar-refractivity contribution < 1.29 is 4.74 Å². The minimum atomic E-state index is 0.275. The van der Waals surface area contributed by atoms with Gasteiger partial charge in [0.2, 0.25) is 11.9 Å². The highest BCUT2D eigenvalue weighted by Crippen LogP contribution is 2.53. The normalized spacial score (nSPS) is 27.7. The zero-order chi connectivity index (χ0) is 18.0. The molecule has 2 aromatic heterocycles.